The van der Waals surface area contributed by atoms with Crippen LogP contribution < -0.4 is 30.8 Å². The Balaban J connectivity index is 0.00000520. The number of aliphatic carboxylic acids is 1. The van der Waals surface area contributed by atoms with Crippen molar-refractivity contribution in [3.63, 3.8) is 0 Å². The van der Waals surface area contributed by atoms with Crippen molar-refractivity contribution < 1.29 is 33.3 Å². The molecule has 0 aliphatic carbocycles. The van der Waals surface area contributed by atoms with Crippen molar-refractivity contribution in [3.8, 4) is 28.7 Å². The fraction of sp³-hybridized carbons (Fsp3) is 0.235. The Morgan fingerprint density at radius 1 is 1.00 bits per heavy atom. The van der Waals surface area contributed by atoms with E-state index in [-0.39, 0.29) is 48.3 Å². The molecule has 0 fully saturated rings. The molecule has 0 spiro atoms. The first-order chi connectivity index (χ1) is 22.5. The van der Waals surface area contributed by atoms with Gasteiger partial charge in [0.2, 0.25) is 0 Å². The molecule has 0 saturated carbocycles. The highest BCUT2D eigenvalue weighted by Gasteiger charge is 2.26. The molecule has 12 nitrogen and oxygen atoms in total. The van der Waals surface area contributed by atoms with Crippen molar-refractivity contribution in [2.75, 3.05) is 19.5 Å². The number of anilines is 1. The van der Waals surface area contributed by atoms with Gasteiger partial charge >= 0.3 is 5.97 Å². The van der Waals surface area contributed by atoms with E-state index < -0.39 is 29.3 Å². The molecule has 0 aliphatic heterocycles. The first-order valence-corrected chi connectivity index (χ1v) is 14.7. The minimum absolute atomic E-state index is 0. The number of nitrogens with two attached hydrogens (primary N) is 1. The second kappa shape index (κ2) is 15.0. The predicted molar refractivity (Wildman–Crippen MR) is 181 cm³/mol. The third kappa shape index (κ3) is 7.27. The number of benzene rings is 3. The van der Waals surface area contributed by atoms with Crippen molar-refractivity contribution in [1.82, 2.24) is 14.3 Å². The molecule has 2 heterocycles. The summed E-state index contributed by atoms with van der Waals surface area (Å²) in [6, 6.07) is 16.5. The maximum absolute atomic E-state index is 15.3. The van der Waals surface area contributed by atoms with Gasteiger partial charge in [0.05, 0.1) is 31.1 Å². The summed E-state index contributed by atoms with van der Waals surface area (Å²) in [7, 11) is 3.01. The first kappa shape index (κ1) is 35.5. The number of amides is 1. The van der Waals surface area contributed by atoms with Crippen LogP contribution in [0.25, 0.3) is 16.6 Å². The Morgan fingerprint density at radius 2 is 1.69 bits per heavy atom. The first-order valence-electron chi connectivity index (χ1n) is 14.7. The van der Waals surface area contributed by atoms with Gasteiger partial charge in [-0.25, -0.2) is 9.07 Å². The van der Waals surface area contributed by atoms with Gasteiger partial charge in [-0.15, -0.1) is 12.4 Å². The molecule has 0 saturated heterocycles. The summed E-state index contributed by atoms with van der Waals surface area (Å²) < 4.78 is 35.0. The van der Waals surface area contributed by atoms with E-state index in [1.54, 1.807) is 60.1 Å². The van der Waals surface area contributed by atoms with Crippen molar-refractivity contribution in [3.05, 3.63) is 100 Å². The Morgan fingerprint density at radius 3 is 2.33 bits per heavy atom. The number of fused-ring (bicyclic) bond motifs is 1. The zero-order valence-electron chi connectivity index (χ0n) is 26.6. The SMILES string of the molecule is COc1cc2nccc(Oc3ccc(NC(=O)c4c(C)n(C[C@H](C)CC(N)C(=O)O)n(-c5ccccc5)c4=O)cc3F)c2cc1OC.Cl. The Kier molecular flexibility index (Phi) is 11.1. The topological polar surface area (TPSA) is 160 Å². The average molecular weight is 680 g/mol. The van der Waals surface area contributed by atoms with E-state index >= 15 is 4.39 Å². The number of methoxy groups -OCH3 is 2. The molecule has 5 aromatic rings. The van der Waals surface area contributed by atoms with Crippen LogP contribution in [0.5, 0.6) is 23.0 Å². The maximum Gasteiger partial charge on any atom is 0.320 e. The van der Waals surface area contributed by atoms with Gasteiger partial charge in [-0.3, -0.25) is 24.0 Å². The molecule has 252 valence electrons. The van der Waals surface area contributed by atoms with E-state index in [9.17, 15) is 19.5 Å². The van der Waals surface area contributed by atoms with E-state index in [4.69, 9.17) is 19.9 Å². The second-order valence-corrected chi connectivity index (χ2v) is 11.0. The summed E-state index contributed by atoms with van der Waals surface area (Å²) in [6.07, 6.45) is 1.68. The highest BCUT2D eigenvalue weighted by molar-refractivity contribution is 6.05. The van der Waals surface area contributed by atoms with Crippen LogP contribution in [-0.4, -0.2) is 51.6 Å². The van der Waals surface area contributed by atoms with Crippen LogP contribution in [0.15, 0.2) is 77.7 Å². The number of aromatic nitrogens is 3. The molecule has 3 aromatic carbocycles. The van der Waals surface area contributed by atoms with Crippen LogP contribution in [0.3, 0.4) is 0 Å². The smallest absolute Gasteiger partial charge is 0.320 e. The normalized spacial score (nSPS) is 12.1. The fourth-order valence-corrected chi connectivity index (χ4v) is 5.37. The van der Waals surface area contributed by atoms with Crippen LogP contribution in [0.1, 0.15) is 29.4 Å². The lowest BCUT2D eigenvalue weighted by Gasteiger charge is -2.19. The van der Waals surface area contributed by atoms with Gasteiger partial charge in [0.15, 0.2) is 23.1 Å². The molecule has 2 aromatic heterocycles. The predicted octanol–water partition coefficient (Wildman–Crippen LogP) is 5.56. The van der Waals surface area contributed by atoms with Crippen molar-refractivity contribution >= 4 is 40.9 Å². The zero-order chi connectivity index (χ0) is 33.8. The van der Waals surface area contributed by atoms with Gasteiger partial charge in [0, 0.05) is 35.9 Å². The largest absolute Gasteiger partial charge is 0.493 e. The minimum atomic E-state index is -1.12. The molecule has 1 amide bonds. The van der Waals surface area contributed by atoms with E-state index in [0.29, 0.717) is 39.5 Å². The Hall–Kier alpha value is -5.40. The molecule has 14 heteroatoms. The highest BCUT2D eigenvalue weighted by atomic mass is 35.5. The Labute approximate surface area is 281 Å². The lowest BCUT2D eigenvalue weighted by Crippen LogP contribution is -2.33. The van der Waals surface area contributed by atoms with Crippen LogP contribution in [-0.2, 0) is 11.3 Å². The number of ether oxygens (including phenoxy) is 3. The zero-order valence-corrected chi connectivity index (χ0v) is 27.4. The number of rotatable bonds is 12. The van der Waals surface area contributed by atoms with Crippen molar-refractivity contribution in [1.29, 1.82) is 0 Å². The number of halogens is 2. The summed E-state index contributed by atoms with van der Waals surface area (Å²) in [4.78, 5) is 42.9. The summed E-state index contributed by atoms with van der Waals surface area (Å²) in [5.41, 5.74) is 6.54. The van der Waals surface area contributed by atoms with Gasteiger partial charge in [0.25, 0.3) is 11.5 Å². The quantitative estimate of drug-likeness (QED) is 0.153. The van der Waals surface area contributed by atoms with Crippen molar-refractivity contribution in [2.24, 2.45) is 11.7 Å². The van der Waals surface area contributed by atoms with E-state index in [0.717, 1.165) is 6.07 Å². The van der Waals surface area contributed by atoms with Gasteiger partial charge in [0.1, 0.15) is 17.4 Å². The number of carbonyl (C=O) groups is 2. The van der Waals surface area contributed by atoms with Crippen LogP contribution in [0.2, 0.25) is 0 Å². The number of carboxylic acids is 1. The molecular formula is C34H35ClFN5O7. The van der Waals surface area contributed by atoms with Gasteiger partial charge in [-0.05, 0) is 55.7 Å². The van der Waals surface area contributed by atoms with Crippen LogP contribution >= 0.6 is 12.4 Å². The number of carbonyl (C=O) groups excluding carboxylic acids is 1. The van der Waals surface area contributed by atoms with Crippen LogP contribution in [0, 0.1) is 18.7 Å². The van der Waals surface area contributed by atoms with Gasteiger partial charge in [-0.1, -0.05) is 25.1 Å². The second-order valence-electron chi connectivity index (χ2n) is 11.0. The summed E-state index contributed by atoms with van der Waals surface area (Å²) in [5.74, 6) is -1.72. The van der Waals surface area contributed by atoms with Crippen LogP contribution in [0.4, 0.5) is 10.1 Å². The summed E-state index contributed by atoms with van der Waals surface area (Å²) >= 11 is 0. The lowest BCUT2D eigenvalue weighted by molar-refractivity contribution is -0.138. The average Bonchev–Trinajstić information content (AvgIpc) is 3.29. The van der Waals surface area contributed by atoms with E-state index in [2.05, 4.69) is 10.3 Å². The lowest BCUT2D eigenvalue weighted by atomic mass is 10.0. The van der Waals surface area contributed by atoms with Gasteiger partial charge < -0.3 is 30.4 Å². The fourth-order valence-electron chi connectivity index (χ4n) is 5.37. The number of para-hydroxylation sites is 1. The Bertz CT molecular complexity index is 2020. The highest BCUT2D eigenvalue weighted by Crippen LogP contribution is 2.37. The maximum atomic E-state index is 15.3. The molecule has 2 atom stereocenters. The number of nitrogens with one attached hydrogen (secondary N) is 1. The molecule has 48 heavy (non-hydrogen) atoms. The number of hydrogen-bond acceptors (Lipinski definition) is 8. The van der Waals surface area contributed by atoms with Gasteiger partial charge in [-0.2, -0.15) is 0 Å². The third-order valence-electron chi connectivity index (χ3n) is 7.70. The number of carboxylic acid groups (broad SMARTS) is 1. The monoisotopic (exact) mass is 679 g/mol. The molecule has 0 radical (unpaired) electrons. The number of nitrogens with zero attached hydrogens (tertiary/aromatic N) is 3. The molecule has 0 bridgehead atoms. The number of pyridine rings is 1. The van der Waals surface area contributed by atoms with Crippen molar-refractivity contribution in [2.45, 2.75) is 32.9 Å². The molecule has 1 unspecified atom stereocenters. The van der Waals surface area contributed by atoms with E-state index in [1.165, 1.54) is 37.2 Å². The third-order valence-corrected chi connectivity index (χ3v) is 7.70. The summed E-state index contributed by atoms with van der Waals surface area (Å²) in [6.45, 7) is 3.66. The number of hydrogen-bond donors (Lipinski definition) is 3. The molecule has 5 rings (SSSR count). The summed E-state index contributed by atoms with van der Waals surface area (Å²) in [5, 5.41) is 12.4. The molecule has 0 aliphatic rings. The molecule has 4 N–H and O–H groups in total. The molecular weight excluding hydrogens is 645 g/mol. The minimum Gasteiger partial charge on any atom is -0.493 e. The van der Waals surface area contributed by atoms with E-state index in [1.807, 2.05) is 6.92 Å². The standard InChI is InChI=1S/C34H34FN5O7.ClH/c1-19(14-25(36)34(43)44)18-39-20(2)31(33(42)40(39)22-8-6-5-7-9-22)32(41)38-21-10-11-28(24(35)15-21)47-27-12-13-37-26-17-30(46-4)29(45-3)16-23(26)27;/h5-13,15-17,19,25H,14,18,36H2,1-4H3,(H,38,41)(H,43,44);1H/t19-,25?;/m1./s1.